The summed E-state index contributed by atoms with van der Waals surface area (Å²) in [5, 5.41) is 4.34. The summed E-state index contributed by atoms with van der Waals surface area (Å²) in [7, 11) is -2.72. The molecule has 0 saturated heterocycles. The highest BCUT2D eigenvalue weighted by Gasteiger charge is 2.32. The summed E-state index contributed by atoms with van der Waals surface area (Å²) in [4.78, 5) is 13.0. The van der Waals surface area contributed by atoms with Crippen LogP contribution in [0.15, 0.2) is 89.1 Å². The topological polar surface area (TPSA) is 66.5 Å². The van der Waals surface area contributed by atoms with E-state index < -0.39 is 21.7 Å². The van der Waals surface area contributed by atoms with Crippen LogP contribution in [-0.4, -0.2) is 21.4 Å². The van der Waals surface area contributed by atoms with Gasteiger partial charge in [0.1, 0.15) is 15.6 Å². The van der Waals surface area contributed by atoms with Gasteiger partial charge in [0.25, 0.3) is 15.9 Å². The molecule has 0 unspecified atom stereocenters. The molecular formula is C25H21FN2O3S2. The predicted molar refractivity (Wildman–Crippen MR) is 131 cm³/mol. The van der Waals surface area contributed by atoms with Crippen LogP contribution >= 0.6 is 11.3 Å². The lowest BCUT2D eigenvalue weighted by Gasteiger charge is -2.21. The van der Waals surface area contributed by atoms with Crippen LogP contribution in [0.25, 0.3) is 11.1 Å². The maximum atomic E-state index is 14.0. The number of carbonyl (C=O) groups is 1. The van der Waals surface area contributed by atoms with Gasteiger partial charge in [0.15, 0.2) is 0 Å². The molecule has 0 bridgehead atoms. The van der Waals surface area contributed by atoms with E-state index in [-0.39, 0.29) is 15.3 Å². The third-order valence-corrected chi connectivity index (χ3v) is 8.11. The molecule has 4 aromatic rings. The molecule has 1 N–H and O–H groups in total. The summed E-state index contributed by atoms with van der Waals surface area (Å²) in [6.45, 7) is 1.93. The fourth-order valence-electron chi connectivity index (χ4n) is 3.35. The molecule has 8 heteroatoms. The number of rotatable bonds is 6. The van der Waals surface area contributed by atoms with Gasteiger partial charge in [-0.1, -0.05) is 48.0 Å². The van der Waals surface area contributed by atoms with E-state index in [2.05, 4.69) is 5.32 Å². The summed E-state index contributed by atoms with van der Waals surface area (Å²) in [5.74, 6) is -1.05. The van der Waals surface area contributed by atoms with Gasteiger partial charge in [-0.15, -0.1) is 11.3 Å². The molecular weight excluding hydrogens is 459 g/mol. The first-order valence-corrected chi connectivity index (χ1v) is 12.4. The lowest BCUT2D eigenvalue weighted by Crippen LogP contribution is -2.28. The van der Waals surface area contributed by atoms with Crippen LogP contribution in [-0.2, 0) is 10.0 Å². The van der Waals surface area contributed by atoms with Crippen molar-refractivity contribution in [2.45, 2.75) is 11.8 Å². The number of nitrogens with zero attached hydrogens (tertiary/aromatic N) is 1. The van der Waals surface area contributed by atoms with Gasteiger partial charge in [-0.25, -0.2) is 12.8 Å². The first-order valence-electron chi connectivity index (χ1n) is 10.1. The summed E-state index contributed by atoms with van der Waals surface area (Å²) >= 11 is 1.01. The third kappa shape index (κ3) is 4.67. The fourth-order valence-corrected chi connectivity index (χ4v) is 6.21. The summed E-state index contributed by atoms with van der Waals surface area (Å²) in [5.41, 5.74) is 2.67. The molecule has 1 aromatic heterocycles. The van der Waals surface area contributed by atoms with Crippen LogP contribution in [0.4, 0.5) is 15.8 Å². The smallest absolute Gasteiger partial charge is 0.267 e. The van der Waals surface area contributed by atoms with Gasteiger partial charge in [0.2, 0.25) is 0 Å². The zero-order valence-electron chi connectivity index (χ0n) is 17.9. The number of amides is 1. The van der Waals surface area contributed by atoms with E-state index in [1.807, 2.05) is 19.1 Å². The molecule has 0 saturated carbocycles. The van der Waals surface area contributed by atoms with E-state index in [1.165, 1.54) is 25.2 Å². The monoisotopic (exact) mass is 480 g/mol. The average molecular weight is 481 g/mol. The van der Waals surface area contributed by atoms with Crippen LogP contribution in [0, 0.1) is 12.7 Å². The highest BCUT2D eigenvalue weighted by molar-refractivity contribution is 7.93. The van der Waals surface area contributed by atoms with E-state index in [9.17, 15) is 17.6 Å². The Labute approximate surface area is 196 Å². The van der Waals surface area contributed by atoms with Gasteiger partial charge < -0.3 is 5.32 Å². The van der Waals surface area contributed by atoms with Crippen molar-refractivity contribution in [1.82, 2.24) is 0 Å². The first-order chi connectivity index (χ1) is 15.8. The van der Waals surface area contributed by atoms with Gasteiger partial charge in [0, 0.05) is 23.7 Å². The lowest BCUT2D eigenvalue weighted by atomic mass is 10.1. The van der Waals surface area contributed by atoms with E-state index >= 15 is 0 Å². The van der Waals surface area contributed by atoms with E-state index in [4.69, 9.17) is 0 Å². The van der Waals surface area contributed by atoms with Gasteiger partial charge in [0.05, 0.1) is 5.69 Å². The molecule has 0 atom stereocenters. The Bertz CT molecular complexity index is 1400. The number of nitrogens with one attached hydrogen (secondary N) is 1. The summed E-state index contributed by atoms with van der Waals surface area (Å²) in [6, 6.07) is 21.4. The van der Waals surface area contributed by atoms with E-state index in [0.717, 1.165) is 21.2 Å². The number of para-hydroxylation sites is 1. The molecule has 1 amide bonds. The molecule has 3 aromatic carbocycles. The molecule has 1 heterocycles. The fraction of sp³-hybridized carbons (Fsp3) is 0.0800. The largest absolute Gasteiger partial charge is 0.321 e. The average Bonchev–Trinajstić information content (AvgIpc) is 3.27. The number of halogens is 1. The number of hydrogen-bond acceptors (Lipinski definition) is 4. The molecule has 0 aliphatic carbocycles. The van der Waals surface area contributed by atoms with Crippen molar-refractivity contribution >= 4 is 38.6 Å². The van der Waals surface area contributed by atoms with E-state index in [0.29, 0.717) is 16.9 Å². The van der Waals surface area contributed by atoms with Crippen LogP contribution in [0.2, 0.25) is 0 Å². The molecule has 0 fully saturated rings. The maximum absolute atomic E-state index is 14.0. The minimum Gasteiger partial charge on any atom is -0.321 e. The second kappa shape index (κ2) is 9.17. The number of benzene rings is 3. The molecule has 0 spiro atoms. The summed E-state index contributed by atoms with van der Waals surface area (Å²) < 4.78 is 42.6. The van der Waals surface area contributed by atoms with Gasteiger partial charge >= 0.3 is 0 Å². The quantitative estimate of drug-likeness (QED) is 0.371. The van der Waals surface area contributed by atoms with Crippen LogP contribution in [0.5, 0.6) is 0 Å². The molecule has 33 heavy (non-hydrogen) atoms. The Balaban J connectivity index is 1.84. The normalized spacial score (nSPS) is 11.2. The second-order valence-corrected chi connectivity index (χ2v) is 10.2. The number of thiophene rings is 1. The second-order valence-electron chi connectivity index (χ2n) is 7.45. The van der Waals surface area contributed by atoms with Crippen molar-refractivity contribution in [1.29, 1.82) is 0 Å². The molecule has 0 radical (unpaired) electrons. The van der Waals surface area contributed by atoms with Gasteiger partial charge in [-0.3, -0.25) is 9.10 Å². The van der Waals surface area contributed by atoms with Crippen molar-refractivity contribution in [3.63, 3.8) is 0 Å². The van der Waals surface area contributed by atoms with Crippen molar-refractivity contribution < 1.29 is 17.6 Å². The number of sulfonamides is 1. The van der Waals surface area contributed by atoms with Crippen molar-refractivity contribution in [3.05, 3.63) is 101 Å². The molecule has 5 nitrogen and oxygen atoms in total. The summed E-state index contributed by atoms with van der Waals surface area (Å²) in [6.07, 6.45) is 0. The Hall–Kier alpha value is -3.49. The lowest BCUT2D eigenvalue weighted by molar-refractivity contribution is 0.102. The Kier molecular flexibility index (Phi) is 6.31. The highest BCUT2D eigenvalue weighted by atomic mass is 32.2. The number of carbonyl (C=O) groups excluding carboxylic acids is 1. The Morgan fingerprint density at radius 1 is 0.970 bits per heavy atom. The highest BCUT2D eigenvalue weighted by Crippen LogP contribution is 2.38. The predicted octanol–water partition coefficient (Wildman–Crippen LogP) is 5.94. The van der Waals surface area contributed by atoms with Crippen LogP contribution in [0.3, 0.4) is 0 Å². The maximum Gasteiger partial charge on any atom is 0.267 e. The zero-order valence-corrected chi connectivity index (χ0v) is 19.6. The first kappa shape index (κ1) is 22.7. The van der Waals surface area contributed by atoms with Crippen LogP contribution in [0.1, 0.15) is 15.2 Å². The minimum absolute atomic E-state index is 0.0256. The van der Waals surface area contributed by atoms with Gasteiger partial charge in [-0.2, -0.15) is 0 Å². The van der Waals surface area contributed by atoms with Gasteiger partial charge in [-0.05, 0) is 48.9 Å². The zero-order chi connectivity index (χ0) is 23.6. The molecule has 0 aliphatic heterocycles. The molecule has 168 valence electrons. The molecule has 0 aliphatic rings. The minimum atomic E-state index is -4.15. The Morgan fingerprint density at radius 2 is 1.67 bits per heavy atom. The number of anilines is 2. The number of aryl methyl sites for hydroxylation is 1. The SMILES string of the molecule is Cc1ccc(NC(=O)c2scc(-c3cccc(F)c3)c2S(=O)(=O)N(C)c2ccccc2)cc1. The standard InChI is InChI=1S/C25H21FN2O3S2/c1-17-11-13-20(14-12-17)27-25(29)23-24(22(16-32-23)18-7-6-8-19(26)15-18)33(30,31)28(2)21-9-4-3-5-10-21/h3-16H,1-2H3,(H,27,29). The molecule has 4 rings (SSSR count). The van der Waals surface area contributed by atoms with Crippen molar-refractivity contribution in [2.75, 3.05) is 16.7 Å². The number of hydrogen-bond donors (Lipinski definition) is 1. The van der Waals surface area contributed by atoms with E-state index in [1.54, 1.807) is 53.9 Å². The third-order valence-electron chi connectivity index (χ3n) is 5.14. The van der Waals surface area contributed by atoms with Crippen LogP contribution < -0.4 is 9.62 Å². The van der Waals surface area contributed by atoms with Crippen molar-refractivity contribution in [3.8, 4) is 11.1 Å². The van der Waals surface area contributed by atoms with Crippen molar-refractivity contribution in [2.24, 2.45) is 0 Å². The Morgan fingerprint density at radius 3 is 2.33 bits per heavy atom.